The molecule has 2 heterocycles. The van der Waals surface area contributed by atoms with Crippen LogP contribution in [0, 0.1) is 0 Å². The van der Waals surface area contributed by atoms with Crippen molar-refractivity contribution < 1.29 is 19.0 Å². The van der Waals surface area contributed by atoms with Crippen molar-refractivity contribution in [2.75, 3.05) is 32.4 Å². The lowest BCUT2D eigenvalue weighted by Crippen LogP contribution is -2.15. The highest BCUT2D eigenvalue weighted by atomic mass is 32.2. The van der Waals surface area contributed by atoms with Gasteiger partial charge in [-0.3, -0.25) is 9.36 Å². The van der Waals surface area contributed by atoms with Gasteiger partial charge in [0.1, 0.15) is 17.2 Å². The average Bonchev–Trinajstić information content (AvgIpc) is 3.52. The normalized spacial score (nSPS) is 10.6. The van der Waals surface area contributed by atoms with Gasteiger partial charge in [-0.05, 0) is 35.7 Å². The zero-order valence-electron chi connectivity index (χ0n) is 18.3. The Labute approximate surface area is 199 Å². The largest absolute Gasteiger partial charge is 0.497 e. The fraction of sp³-hybridized carbons (Fsp3) is 0.174. The number of anilines is 1. The number of hydrogen-bond acceptors (Lipinski definition) is 8. The predicted molar refractivity (Wildman–Crippen MR) is 130 cm³/mol. The van der Waals surface area contributed by atoms with E-state index in [1.807, 2.05) is 46.3 Å². The highest BCUT2D eigenvalue weighted by Gasteiger charge is 2.20. The number of aromatic nitrogens is 3. The van der Waals surface area contributed by atoms with Crippen LogP contribution in [-0.4, -0.2) is 47.8 Å². The van der Waals surface area contributed by atoms with Crippen LogP contribution in [0.15, 0.2) is 65.1 Å². The molecule has 4 rings (SSSR count). The molecule has 0 unspecified atom stereocenters. The molecule has 0 aliphatic carbocycles. The summed E-state index contributed by atoms with van der Waals surface area (Å²) in [4.78, 5) is 13.7. The number of thioether (sulfide) groups is 1. The molecule has 0 saturated heterocycles. The Bertz CT molecular complexity index is 1240. The van der Waals surface area contributed by atoms with Gasteiger partial charge in [0.15, 0.2) is 11.0 Å². The Balaban J connectivity index is 1.60. The average molecular weight is 483 g/mol. The van der Waals surface area contributed by atoms with Crippen molar-refractivity contribution >= 4 is 34.7 Å². The van der Waals surface area contributed by atoms with Gasteiger partial charge in [0, 0.05) is 6.07 Å². The highest BCUT2D eigenvalue weighted by Crippen LogP contribution is 2.34. The summed E-state index contributed by atoms with van der Waals surface area (Å²) in [7, 11) is 4.74. The second-order valence-corrected chi connectivity index (χ2v) is 8.58. The number of carbonyl (C=O) groups excluding carboxylic acids is 1. The van der Waals surface area contributed by atoms with Crippen molar-refractivity contribution in [1.82, 2.24) is 14.8 Å². The standard InChI is InChI=1S/C23H22N4O4S2/c1-29-15-10-11-18(30-2)16(13-15)24-21(28)14-33-23-26-25-22(20-9-6-12-32-20)27(23)17-7-4-5-8-19(17)31-3/h4-13H,14H2,1-3H3,(H,24,28). The van der Waals surface area contributed by atoms with Gasteiger partial charge in [0.25, 0.3) is 0 Å². The summed E-state index contributed by atoms with van der Waals surface area (Å²) >= 11 is 2.85. The smallest absolute Gasteiger partial charge is 0.234 e. The third-order valence-electron chi connectivity index (χ3n) is 4.71. The minimum absolute atomic E-state index is 0.123. The van der Waals surface area contributed by atoms with Crippen LogP contribution in [0.1, 0.15) is 0 Å². The van der Waals surface area contributed by atoms with Gasteiger partial charge in [0.05, 0.1) is 43.3 Å². The highest BCUT2D eigenvalue weighted by molar-refractivity contribution is 7.99. The monoisotopic (exact) mass is 482 g/mol. The number of amides is 1. The van der Waals surface area contributed by atoms with Gasteiger partial charge in [0.2, 0.25) is 5.91 Å². The molecule has 0 saturated carbocycles. The van der Waals surface area contributed by atoms with E-state index in [0.29, 0.717) is 33.9 Å². The number of para-hydroxylation sites is 2. The fourth-order valence-corrected chi connectivity index (χ4v) is 4.63. The quantitative estimate of drug-likeness (QED) is 0.344. The van der Waals surface area contributed by atoms with E-state index in [0.717, 1.165) is 10.6 Å². The summed E-state index contributed by atoms with van der Waals surface area (Å²) in [5.74, 6) is 2.45. The van der Waals surface area contributed by atoms with Crippen LogP contribution < -0.4 is 19.5 Å². The molecule has 0 aliphatic rings. The molecule has 33 heavy (non-hydrogen) atoms. The Kier molecular flexibility index (Phi) is 7.16. The lowest BCUT2D eigenvalue weighted by molar-refractivity contribution is -0.113. The van der Waals surface area contributed by atoms with E-state index in [1.54, 1.807) is 50.9 Å². The molecule has 0 spiro atoms. The zero-order chi connectivity index (χ0) is 23.2. The predicted octanol–water partition coefficient (Wildman–Crippen LogP) is 4.75. The molecule has 0 radical (unpaired) electrons. The van der Waals surface area contributed by atoms with E-state index in [-0.39, 0.29) is 11.7 Å². The number of rotatable bonds is 9. The number of hydrogen-bond donors (Lipinski definition) is 1. The zero-order valence-corrected chi connectivity index (χ0v) is 19.9. The molecule has 170 valence electrons. The van der Waals surface area contributed by atoms with Crippen molar-refractivity contribution in [3.05, 3.63) is 60.0 Å². The van der Waals surface area contributed by atoms with Crippen LogP contribution in [0.3, 0.4) is 0 Å². The first kappa shape index (κ1) is 22.7. The first-order valence-corrected chi connectivity index (χ1v) is 11.8. The lowest BCUT2D eigenvalue weighted by atomic mass is 10.2. The van der Waals surface area contributed by atoms with E-state index >= 15 is 0 Å². The van der Waals surface area contributed by atoms with Crippen LogP contribution in [0.25, 0.3) is 16.4 Å². The SMILES string of the molecule is COc1ccc(OC)c(NC(=O)CSc2nnc(-c3cccs3)n2-c2ccccc2OC)c1. The third kappa shape index (κ3) is 4.96. The second-order valence-electron chi connectivity index (χ2n) is 6.69. The Hall–Kier alpha value is -3.50. The minimum Gasteiger partial charge on any atom is -0.497 e. The fourth-order valence-electron chi connectivity index (χ4n) is 3.19. The Morgan fingerprint density at radius 1 is 1.00 bits per heavy atom. The molecule has 4 aromatic rings. The molecular formula is C23H22N4O4S2. The number of ether oxygens (including phenoxy) is 3. The van der Waals surface area contributed by atoms with Gasteiger partial charge in [-0.25, -0.2) is 0 Å². The van der Waals surface area contributed by atoms with Crippen LogP contribution in [0.2, 0.25) is 0 Å². The molecule has 10 heteroatoms. The van der Waals surface area contributed by atoms with Gasteiger partial charge >= 0.3 is 0 Å². The Morgan fingerprint density at radius 3 is 2.55 bits per heavy atom. The molecule has 2 aromatic heterocycles. The summed E-state index contributed by atoms with van der Waals surface area (Å²) in [6.07, 6.45) is 0. The number of methoxy groups -OCH3 is 3. The van der Waals surface area contributed by atoms with Gasteiger partial charge in [-0.15, -0.1) is 21.5 Å². The lowest BCUT2D eigenvalue weighted by Gasteiger charge is -2.14. The van der Waals surface area contributed by atoms with E-state index in [4.69, 9.17) is 14.2 Å². The number of benzene rings is 2. The van der Waals surface area contributed by atoms with Crippen molar-refractivity contribution in [3.63, 3.8) is 0 Å². The van der Waals surface area contributed by atoms with E-state index < -0.39 is 0 Å². The molecule has 1 amide bonds. The van der Waals surface area contributed by atoms with Crippen LogP contribution >= 0.6 is 23.1 Å². The van der Waals surface area contributed by atoms with E-state index in [2.05, 4.69) is 15.5 Å². The van der Waals surface area contributed by atoms with Crippen molar-refractivity contribution in [1.29, 1.82) is 0 Å². The van der Waals surface area contributed by atoms with Gasteiger partial charge < -0.3 is 19.5 Å². The van der Waals surface area contributed by atoms with Crippen LogP contribution in [0.5, 0.6) is 17.2 Å². The molecule has 0 bridgehead atoms. The molecule has 2 aromatic carbocycles. The molecule has 0 aliphatic heterocycles. The first-order valence-electron chi connectivity index (χ1n) is 9.92. The van der Waals surface area contributed by atoms with Crippen LogP contribution in [-0.2, 0) is 4.79 Å². The maximum atomic E-state index is 12.8. The maximum Gasteiger partial charge on any atom is 0.234 e. The molecular weight excluding hydrogens is 460 g/mol. The summed E-state index contributed by atoms with van der Waals surface area (Å²) in [6.45, 7) is 0. The number of carbonyl (C=O) groups is 1. The van der Waals surface area contributed by atoms with Crippen LogP contribution in [0.4, 0.5) is 5.69 Å². The summed E-state index contributed by atoms with van der Waals surface area (Å²) in [5.41, 5.74) is 1.33. The molecule has 0 fully saturated rings. The Morgan fingerprint density at radius 2 is 1.82 bits per heavy atom. The maximum absolute atomic E-state index is 12.8. The van der Waals surface area contributed by atoms with Crippen molar-refractivity contribution in [2.45, 2.75) is 5.16 Å². The summed E-state index contributed by atoms with van der Waals surface area (Å²) in [6, 6.07) is 16.8. The summed E-state index contributed by atoms with van der Waals surface area (Å²) in [5, 5.41) is 14.2. The summed E-state index contributed by atoms with van der Waals surface area (Å²) < 4.78 is 18.1. The number of nitrogens with one attached hydrogen (secondary N) is 1. The van der Waals surface area contributed by atoms with E-state index in [9.17, 15) is 4.79 Å². The topological polar surface area (TPSA) is 87.5 Å². The molecule has 0 atom stereocenters. The molecule has 8 nitrogen and oxygen atoms in total. The second kappa shape index (κ2) is 10.4. The number of nitrogens with zero attached hydrogens (tertiary/aromatic N) is 3. The van der Waals surface area contributed by atoms with Gasteiger partial charge in [-0.2, -0.15) is 0 Å². The molecule has 1 N–H and O–H groups in total. The minimum atomic E-state index is -0.209. The van der Waals surface area contributed by atoms with Gasteiger partial charge in [-0.1, -0.05) is 30.0 Å². The number of thiophene rings is 1. The van der Waals surface area contributed by atoms with Crippen molar-refractivity contribution in [3.8, 4) is 33.6 Å². The first-order chi connectivity index (χ1) is 16.1. The van der Waals surface area contributed by atoms with E-state index in [1.165, 1.54) is 11.8 Å². The third-order valence-corrected chi connectivity index (χ3v) is 6.51. The van der Waals surface area contributed by atoms with Crippen molar-refractivity contribution in [2.24, 2.45) is 0 Å².